The van der Waals surface area contributed by atoms with Gasteiger partial charge in [-0.15, -0.1) is 0 Å². The van der Waals surface area contributed by atoms with Gasteiger partial charge in [0.1, 0.15) is 0 Å². The van der Waals surface area contributed by atoms with Crippen LogP contribution in [0.2, 0.25) is 0 Å². The van der Waals surface area contributed by atoms with E-state index in [9.17, 15) is 9.90 Å². The van der Waals surface area contributed by atoms with Gasteiger partial charge in [-0.1, -0.05) is 91.0 Å². The normalized spacial score (nSPS) is 16.8. The van der Waals surface area contributed by atoms with Crippen molar-refractivity contribution in [3.8, 4) is 0 Å². The van der Waals surface area contributed by atoms with E-state index in [4.69, 9.17) is 0 Å². The van der Waals surface area contributed by atoms with Gasteiger partial charge in [-0.3, -0.25) is 9.69 Å². The van der Waals surface area contributed by atoms with Gasteiger partial charge < -0.3 is 5.11 Å². The van der Waals surface area contributed by atoms with Gasteiger partial charge in [0.15, 0.2) is 0 Å². The first kappa shape index (κ1) is 20.4. The minimum atomic E-state index is -0.664. The highest BCUT2D eigenvalue weighted by Crippen LogP contribution is 2.44. The molecular weight excluding hydrogens is 370 g/mol. The predicted molar refractivity (Wildman–Crippen MR) is 121 cm³/mol. The quantitative estimate of drug-likeness (QED) is 0.579. The monoisotopic (exact) mass is 399 g/mol. The summed E-state index contributed by atoms with van der Waals surface area (Å²) in [6, 6.07) is 32.4. The number of hydrogen-bond donors (Lipinski definition) is 1. The highest BCUT2D eigenvalue weighted by molar-refractivity contribution is 5.70. The summed E-state index contributed by atoms with van der Waals surface area (Å²) in [7, 11) is 0. The van der Waals surface area contributed by atoms with Gasteiger partial charge in [-0.25, -0.2) is 0 Å². The summed E-state index contributed by atoms with van der Waals surface area (Å²) in [6.07, 6.45) is 1.41. The standard InChI is InChI=1S/C27H29NO2/c1-21(28-19-17-22(18-20-28)26(29)30)27(23-11-5-2-6-12-23,24-13-7-3-8-14-24)25-15-9-4-10-16-25/h2-16,21-22H,17-20H2,1H3,(H,29,30). The Morgan fingerprint density at radius 2 is 1.17 bits per heavy atom. The number of nitrogens with zero attached hydrogens (tertiary/aromatic N) is 1. The summed E-state index contributed by atoms with van der Waals surface area (Å²) in [5, 5.41) is 9.44. The maximum atomic E-state index is 11.5. The largest absolute Gasteiger partial charge is 0.481 e. The number of carboxylic acid groups (broad SMARTS) is 1. The van der Waals surface area contributed by atoms with Crippen molar-refractivity contribution < 1.29 is 9.90 Å². The van der Waals surface area contributed by atoms with E-state index in [-0.39, 0.29) is 17.4 Å². The number of rotatable bonds is 6. The van der Waals surface area contributed by atoms with Crippen LogP contribution in [0.5, 0.6) is 0 Å². The number of carboxylic acids is 1. The summed E-state index contributed by atoms with van der Waals surface area (Å²) < 4.78 is 0. The Morgan fingerprint density at radius 3 is 1.50 bits per heavy atom. The fraction of sp³-hybridized carbons (Fsp3) is 0.296. The number of likely N-dealkylation sites (tertiary alicyclic amines) is 1. The lowest BCUT2D eigenvalue weighted by molar-refractivity contribution is -0.143. The van der Waals surface area contributed by atoms with Gasteiger partial charge >= 0.3 is 5.97 Å². The summed E-state index contributed by atoms with van der Waals surface area (Å²) >= 11 is 0. The third-order valence-electron chi connectivity index (χ3n) is 6.74. The number of carbonyl (C=O) groups is 1. The molecule has 0 radical (unpaired) electrons. The Kier molecular flexibility index (Phi) is 6.01. The Bertz CT molecular complexity index is 851. The zero-order chi connectivity index (χ0) is 21.0. The Balaban J connectivity index is 1.86. The molecule has 0 amide bonds. The zero-order valence-corrected chi connectivity index (χ0v) is 17.4. The molecule has 1 N–H and O–H groups in total. The lowest BCUT2D eigenvalue weighted by Gasteiger charge is -2.48. The SMILES string of the molecule is CC(N1CCC(C(=O)O)CC1)C(c1ccccc1)(c1ccccc1)c1ccccc1. The molecule has 3 heteroatoms. The van der Waals surface area contributed by atoms with E-state index in [2.05, 4.69) is 103 Å². The molecule has 4 rings (SSSR count). The fourth-order valence-corrected chi connectivity index (χ4v) is 5.13. The van der Waals surface area contributed by atoms with Gasteiger partial charge in [0.2, 0.25) is 0 Å². The molecule has 30 heavy (non-hydrogen) atoms. The smallest absolute Gasteiger partial charge is 0.306 e. The molecule has 1 atom stereocenters. The number of aliphatic carboxylic acids is 1. The highest BCUT2D eigenvalue weighted by Gasteiger charge is 2.44. The second kappa shape index (κ2) is 8.85. The fourth-order valence-electron chi connectivity index (χ4n) is 5.13. The second-order valence-electron chi connectivity index (χ2n) is 8.23. The van der Waals surface area contributed by atoms with E-state index < -0.39 is 5.97 Å². The molecule has 1 heterocycles. The molecule has 1 aliphatic rings. The molecule has 3 aromatic rings. The molecule has 0 bridgehead atoms. The average Bonchev–Trinajstić information content (AvgIpc) is 2.82. The Labute approximate surface area is 179 Å². The minimum absolute atomic E-state index is 0.166. The first-order chi connectivity index (χ1) is 14.6. The van der Waals surface area contributed by atoms with Crippen molar-refractivity contribution in [2.45, 2.75) is 31.2 Å². The molecule has 3 aromatic carbocycles. The molecule has 1 fully saturated rings. The molecule has 0 aromatic heterocycles. The lowest BCUT2D eigenvalue weighted by Crippen LogP contribution is -2.53. The molecule has 1 aliphatic heterocycles. The van der Waals surface area contributed by atoms with Crippen molar-refractivity contribution in [1.29, 1.82) is 0 Å². The van der Waals surface area contributed by atoms with E-state index in [0.29, 0.717) is 12.8 Å². The van der Waals surface area contributed by atoms with Gasteiger partial charge in [0, 0.05) is 6.04 Å². The molecular formula is C27H29NO2. The van der Waals surface area contributed by atoms with Crippen molar-refractivity contribution in [3.05, 3.63) is 108 Å². The zero-order valence-electron chi connectivity index (χ0n) is 17.4. The van der Waals surface area contributed by atoms with Gasteiger partial charge in [0.25, 0.3) is 0 Å². The van der Waals surface area contributed by atoms with Crippen molar-refractivity contribution >= 4 is 5.97 Å². The van der Waals surface area contributed by atoms with Crippen LogP contribution in [0.4, 0.5) is 0 Å². The van der Waals surface area contributed by atoms with Gasteiger partial charge in [0.05, 0.1) is 11.3 Å². The molecule has 1 saturated heterocycles. The van der Waals surface area contributed by atoms with Crippen molar-refractivity contribution in [2.75, 3.05) is 13.1 Å². The lowest BCUT2D eigenvalue weighted by atomic mass is 9.64. The predicted octanol–water partition coefficient (Wildman–Crippen LogP) is 5.21. The van der Waals surface area contributed by atoms with Crippen LogP contribution in [0.1, 0.15) is 36.5 Å². The summed E-state index contributed by atoms with van der Waals surface area (Å²) in [5.74, 6) is -0.893. The number of benzene rings is 3. The Hall–Kier alpha value is -2.91. The topological polar surface area (TPSA) is 40.5 Å². The minimum Gasteiger partial charge on any atom is -0.481 e. The van der Waals surface area contributed by atoms with Crippen LogP contribution in [0.15, 0.2) is 91.0 Å². The van der Waals surface area contributed by atoms with Crippen LogP contribution in [-0.4, -0.2) is 35.1 Å². The van der Waals surface area contributed by atoms with Crippen molar-refractivity contribution in [1.82, 2.24) is 4.90 Å². The maximum absolute atomic E-state index is 11.5. The maximum Gasteiger partial charge on any atom is 0.306 e. The summed E-state index contributed by atoms with van der Waals surface area (Å²) in [6.45, 7) is 3.90. The van der Waals surface area contributed by atoms with Crippen LogP contribution >= 0.6 is 0 Å². The van der Waals surface area contributed by atoms with E-state index in [1.165, 1.54) is 16.7 Å². The number of hydrogen-bond acceptors (Lipinski definition) is 2. The number of piperidine rings is 1. The molecule has 0 saturated carbocycles. The Morgan fingerprint density at radius 1 is 0.800 bits per heavy atom. The van der Waals surface area contributed by atoms with Crippen LogP contribution in [0.25, 0.3) is 0 Å². The van der Waals surface area contributed by atoms with E-state index in [1.807, 2.05) is 0 Å². The van der Waals surface area contributed by atoms with E-state index >= 15 is 0 Å². The van der Waals surface area contributed by atoms with E-state index in [1.54, 1.807) is 0 Å². The van der Waals surface area contributed by atoms with Crippen LogP contribution in [-0.2, 0) is 10.2 Å². The molecule has 0 aliphatic carbocycles. The molecule has 1 unspecified atom stereocenters. The molecule has 3 nitrogen and oxygen atoms in total. The van der Waals surface area contributed by atoms with Crippen LogP contribution in [0, 0.1) is 5.92 Å². The first-order valence-corrected chi connectivity index (χ1v) is 10.8. The molecule has 154 valence electrons. The second-order valence-corrected chi connectivity index (χ2v) is 8.23. The third-order valence-corrected chi connectivity index (χ3v) is 6.74. The third kappa shape index (κ3) is 3.66. The van der Waals surface area contributed by atoms with Crippen LogP contribution in [0.3, 0.4) is 0 Å². The van der Waals surface area contributed by atoms with Crippen LogP contribution < -0.4 is 0 Å². The molecule has 0 spiro atoms. The van der Waals surface area contributed by atoms with Crippen molar-refractivity contribution in [3.63, 3.8) is 0 Å². The van der Waals surface area contributed by atoms with Gasteiger partial charge in [-0.05, 0) is 49.5 Å². The van der Waals surface area contributed by atoms with E-state index in [0.717, 1.165) is 13.1 Å². The summed E-state index contributed by atoms with van der Waals surface area (Å²) in [4.78, 5) is 14.0. The average molecular weight is 400 g/mol. The highest BCUT2D eigenvalue weighted by atomic mass is 16.4. The first-order valence-electron chi connectivity index (χ1n) is 10.8. The van der Waals surface area contributed by atoms with Crippen molar-refractivity contribution in [2.24, 2.45) is 5.92 Å². The van der Waals surface area contributed by atoms with Gasteiger partial charge in [-0.2, -0.15) is 0 Å². The summed E-state index contributed by atoms with van der Waals surface area (Å²) in [5.41, 5.74) is 3.43.